The number of esters is 1. The van der Waals surface area contributed by atoms with Gasteiger partial charge in [-0.3, -0.25) is 9.69 Å². The number of nitrogens with one attached hydrogen (secondary N) is 1. The first-order chi connectivity index (χ1) is 14.4. The Morgan fingerprint density at radius 3 is 2.67 bits per heavy atom. The largest absolute Gasteiger partial charge is 0.460 e. The first kappa shape index (κ1) is 21.9. The van der Waals surface area contributed by atoms with Gasteiger partial charge >= 0.3 is 5.97 Å². The van der Waals surface area contributed by atoms with Gasteiger partial charge in [0.15, 0.2) is 0 Å². The molecule has 1 amide bonds. The van der Waals surface area contributed by atoms with Crippen LogP contribution in [0, 0.1) is 6.92 Å². The number of rotatable bonds is 8. The summed E-state index contributed by atoms with van der Waals surface area (Å²) < 4.78 is 10.9. The van der Waals surface area contributed by atoms with Crippen molar-refractivity contribution in [1.82, 2.24) is 4.90 Å². The van der Waals surface area contributed by atoms with Gasteiger partial charge in [-0.2, -0.15) is 0 Å². The van der Waals surface area contributed by atoms with Crippen molar-refractivity contribution in [3.05, 3.63) is 64.4 Å². The Balaban J connectivity index is 1.80. The maximum Gasteiger partial charge on any atom is 0.374 e. The van der Waals surface area contributed by atoms with E-state index in [-0.39, 0.29) is 24.8 Å². The van der Waals surface area contributed by atoms with Gasteiger partial charge in [-0.1, -0.05) is 42.8 Å². The fraction of sp³-hybridized carbons (Fsp3) is 0.304. The van der Waals surface area contributed by atoms with Crippen molar-refractivity contribution in [1.29, 1.82) is 0 Å². The third-order valence-electron chi connectivity index (χ3n) is 4.83. The van der Waals surface area contributed by atoms with E-state index in [1.807, 2.05) is 49.1 Å². The van der Waals surface area contributed by atoms with Gasteiger partial charge in [0.1, 0.15) is 5.58 Å². The van der Waals surface area contributed by atoms with Gasteiger partial charge in [0.25, 0.3) is 0 Å². The molecule has 6 nitrogen and oxygen atoms in total. The molecule has 1 aromatic heterocycles. The summed E-state index contributed by atoms with van der Waals surface area (Å²) >= 11 is 6.04. The van der Waals surface area contributed by atoms with E-state index >= 15 is 0 Å². The number of nitrogens with zero attached hydrogens (tertiary/aromatic N) is 1. The van der Waals surface area contributed by atoms with Gasteiger partial charge in [0.2, 0.25) is 11.7 Å². The van der Waals surface area contributed by atoms with Crippen LogP contribution < -0.4 is 5.32 Å². The molecule has 0 bridgehead atoms. The highest BCUT2D eigenvalue weighted by atomic mass is 35.5. The Hall–Kier alpha value is -2.83. The number of aryl methyl sites for hydroxylation is 1. The van der Waals surface area contributed by atoms with Crippen molar-refractivity contribution < 1.29 is 18.7 Å². The standard InChI is InChI=1S/C23H25ClN2O4/c1-4-26(14-21(27)25-19-12-16(24)11-10-15(19)3)13-18-17-8-6-7-9-20(17)30-22(18)23(28)29-5-2/h6-12H,4-5,13-14H2,1-3H3,(H,25,27). The van der Waals surface area contributed by atoms with Crippen molar-refractivity contribution in [3.63, 3.8) is 0 Å². The van der Waals surface area contributed by atoms with Crippen LogP contribution in [0.3, 0.4) is 0 Å². The number of furan rings is 1. The Morgan fingerprint density at radius 1 is 1.17 bits per heavy atom. The molecule has 0 radical (unpaired) electrons. The summed E-state index contributed by atoms with van der Waals surface area (Å²) in [7, 11) is 0. The molecule has 7 heteroatoms. The predicted octanol–water partition coefficient (Wildman–Crippen LogP) is 5.03. The minimum Gasteiger partial charge on any atom is -0.460 e. The van der Waals surface area contributed by atoms with Gasteiger partial charge in [-0.25, -0.2) is 4.79 Å². The molecule has 0 aliphatic rings. The highest BCUT2D eigenvalue weighted by Gasteiger charge is 2.23. The van der Waals surface area contributed by atoms with Crippen molar-refractivity contribution >= 4 is 40.1 Å². The molecule has 0 aliphatic carbocycles. The molecule has 1 N–H and O–H groups in total. The van der Waals surface area contributed by atoms with Crippen LogP contribution in [0.5, 0.6) is 0 Å². The molecule has 0 unspecified atom stereocenters. The summed E-state index contributed by atoms with van der Waals surface area (Å²) in [5.41, 5.74) is 2.95. The number of likely N-dealkylation sites (N-methyl/N-ethyl adjacent to an activating group) is 1. The fourth-order valence-corrected chi connectivity index (χ4v) is 3.41. The van der Waals surface area contributed by atoms with Crippen molar-refractivity contribution in [2.45, 2.75) is 27.3 Å². The van der Waals surface area contributed by atoms with Crippen LogP contribution in [0.25, 0.3) is 11.0 Å². The van der Waals surface area contributed by atoms with Gasteiger partial charge in [0, 0.05) is 28.2 Å². The van der Waals surface area contributed by atoms with E-state index in [1.54, 1.807) is 19.1 Å². The van der Waals surface area contributed by atoms with Crippen LogP contribution in [0.2, 0.25) is 5.02 Å². The van der Waals surface area contributed by atoms with E-state index < -0.39 is 5.97 Å². The van der Waals surface area contributed by atoms with E-state index in [9.17, 15) is 9.59 Å². The molecule has 0 atom stereocenters. The third kappa shape index (κ3) is 5.01. The van der Waals surface area contributed by atoms with E-state index in [4.69, 9.17) is 20.8 Å². The minimum atomic E-state index is -0.501. The lowest BCUT2D eigenvalue weighted by atomic mass is 10.1. The van der Waals surface area contributed by atoms with Crippen molar-refractivity contribution in [2.24, 2.45) is 0 Å². The Kier molecular flexibility index (Phi) is 7.13. The number of para-hydroxylation sites is 1. The van der Waals surface area contributed by atoms with Crippen molar-refractivity contribution in [2.75, 3.05) is 25.0 Å². The van der Waals surface area contributed by atoms with Crippen LogP contribution in [-0.2, 0) is 16.1 Å². The SMILES string of the molecule is CCOC(=O)c1oc2ccccc2c1CN(CC)CC(=O)Nc1cc(Cl)ccc1C. The molecule has 30 heavy (non-hydrogen) atoms. The van der Waals surface area contributed by atoms with Crippen LogP contribution in [0.4, 0.5) is 5.69 Å². The Morgan fingerprint density at radius 2 is 1.93 bits per heavy atom. The molecular weight excluding hydrogens is 404 g/mol. The van der Waals surface area contributed by atoms with Crippen LogP contribution in [0.15, 0.2) is 46.9 Å². The van der Waals surface area contributed by atoms with E-state index in [1.165, 1.54) is 0 Å². The molecule has 158 valence electrons. The van der Waals surface area contributed by atoms with Gasteiger partial charge in [-0.05, 0) is 44.2 Å². The smallest absolute Gasteiger partial charge is 0.374 e. The molecule has 0 saturated heterocycles. The molecule has 2 aromatic carbocycles. The summed E-state index contributed by atoms with van der Waals surface area (Å²) in [6.07, 6.45) is 0. The monoisotopic (exact) mass is 428 g/mol. The maximum absolute atomic E-state index is 12.6. The van der Waals surface area contributed by atoms with Crippen LogP contribution in [-0.4, -0.2) is 36.5 Å². The zero-order valence-corrected chi connectivity index (χ0v) is 18.1. The molecule has 3 rings (SSSR count). The lowest BCUT2D eigenvalue weighted by Gasteiger charge is -2.20. The summed E-state index contributed by atoms with van der Waals surface area (Å²) in [6.45, 7) is 7.03. The van der Waals surface area contributed by atoms with E-state index in [2.05, 4.69) is 5.32 Å². The van der Waals surface area contributed by atoms with Gasteiger partial charge in [0.05, 0.1) is 13.2 Å². The number of carbonyl (C=O) groups excluding carboxylic acids is 2. The average molecular weight is 429 g/mol. The Bertz CT molecular complexity index is 1060. The van der Waals surface area contributed by atoms with Crippen molar-refractivity contribution in [3.8, 4) is 0 Å². The number of ether oxygens (including phenoxy) is 1. The lowest BCUT2D eigenvalue weighted by molar-refractivity contribution is -0.117. The van der Waals surface area contributed by atoms with Gasteiger partial charge in [-0.15, -0.1) is 0 Å². The number of fused-ring (bicyclic) bond motifs is 1. The average Bonchev–Trinajstić information content (AvgIpc) is 3.09. The second kappa shape index (κ2) is 9.78. The molecule has 0 aliphatic heterocycles. The topological polar surface area (TPSA) is 71.8 Å². The van der Waals surface area contributed by atoms with E-state index in [0.29, 0.717) is 29.4 Å². The quantitative estimate of drug-likeness (QED) is 0.509. The first-order valence-corrected chi connectivity index (χ1v) is 10.3. The summed E-state index contributed by atoms with van der Waals surface area (Å²) in [5, 5.41) is 4.31. The van der Waals surface area contributed by atoms with Gasteiger partial charge < -0.3 is 14.5 Å². The number of hydrogen-bond donors (Lipinski definition) is 1. The molecule has 0 fully saturated rings. The second-order valence-electron chi connectivity index (χ2n) is 6.94. The highest BCUT2D eigenvalue weighted by molar-refractivity contribution is 6.31. The lowest BCUT2D eigenvalue weighted by Crippen LogP contribution is -2.33. The molecule has 3 aromatic rings. The number of benzene rings is 2. The molecule has 1 heterocycles. The van der Waals surface area contributed by atoms with Crippen LogP contribution in [0.1, 0.15) is 35.5 Å². The minimum absolute atomic E-state index is 0.157. The third-order valence-corrected chi connectivity index (χ3v) is 5.06. The summed E-state index contributed by atoms with van der Waals surface area (Å²) in [4.78, 5) is 27.0. The predicted molar refractivity (Wildman–Crippen MR) is 118 cm³/mol. The number of anilines is 1. The second-order valence-corrected chi connectivity index (χ2v) is 7.37. The molecular formula is C23H25ClN2O4. The van der Waals surface area contributed by atoms with E-state index in [0.717, 1.165) is 16.5 Å². The first-order valence-electron chi connectivity index (χ1n) is 9.88. The number of halogens is 1. The number of hydrogen-bond acceptors (Lipinski definition) is 5. The maximum atomic E-state index is 12.6. The zero-order chi connectivity index (χ0) is 21.7. The highest BCUT2D eigenvalue weighted by Crippen LogP contribution is 2.28. The normalized spacial score (nSPS) is 11.1. The fourth-order valence-electron chi connectivity index (χ4n) is 3.24. The number of carbonyl (C=O) groups is 2. The molecule has 0 saturated carbocycles. The summed E-state index contributed by atoms with van der Waals surface area (Å²) in [6, 6.07) is 12.8. The number of amides is 1. The zero-order valence-electron chi connectivity index (χ0n) is 17.3. The Labute approximate surface area is 180 Å². The summed E-state index contributed by atoms with van der Waals surface area (Å²) in [5.74, 6) is -0.478. The molecule has 0 spiro atoms. The van der Waals surface area contributed by atoms with Crippen LogP contribution >= 0.6 is 11.6 Å².